The number of hydrogen-bond donors (Lipinski definition) is 1. The van der Waals surface area contributed by atoms with Gasteiger partial charge in [0.1, 0.15) is 12.0 Å². The molecule has 4 aromatic rings. The summed E-state index contributed by atoms with van der Waals surface area (Å²) < 4.78 is 29.1. The van der Waals surface area contributed by atoms with Crippen LogP contribution in [0.3, 0.4) is 0 Å². The number of nitrogens with zero attached hydrogens (tertiary/aromatic N) is 6. The Hall–Kier alpha value is -3.64. The summed E-state index contributed by atoms with van der Waals surface area (Å²) in [4.78, 5) is 22.0. The number of nitro benzene ring substituents is 1. The molecular formula is C20H19N7O4S. The van der Waals surface area contributed by atoms with Gasteiger partial charge in [-0.2, -0.15) is 9.40 Å². The van der Waals surface area contributed by atoms with Crippen LogP contribution < -0.4 is 0 Å². The van der Waals surface area contributed by atoms with Gasteiger partial charge in [-0.25, -0.2) is 18.4 Å². The van der Waals surface area contributed by atoms with Gasteiger partial charge < -0.3 is 4.98 Å². The van der Waals surface area contributed by atoms with E-state index in [0.29, 0.717) is 25.9 Å². The third-order valence-electron chi connectivity index (χ3n) is 5.69. The van der Waals surface area contributed by atoms with Gasteiger partial charge in [0, 0.05) is 48.6 Å². The molecule has 1 aliphatic rings. The molecule has 0 atom stereocenters. The number of aromatic nitrogens is 5. The molecule has 0 radical (unpaired) electrons. The summed E-state index contributed by atoms with van der Waals surface area (Å²) in [6, 6.07) is 7.11. The Morgan fingerprint density at radius 2 is 1.97 bits per heavy atom. The van der Waals surface area contributed by atoms with Crippen molar-refractivity contribution in [2.75, 3.05) is 13.1 Å². The number of nitro groups is 1. The monoisotopic (exact) mass is 453 g/mol. The lowest BCUT2D eigenvalue weighted by Gasteiger charge is -2.31. The van der Waals surface area contributed by atoms with Crippen LogP contribution in [0, 0.1) is 10.1 Å². The Bertz CT molecular complexity index is 1400. The fraction of sp³-hybridized carbons (Fsp3) is 0.250. The maximum absolute atomic E-state index is 13.0. The Morgan fingerprint density at radius 1 is 1.16 bits per heavy atom. The van der Waals surface area contributed by atoms with Crippen LogP contribution >= 0.6 is 0 Å². The van der Waals surface area contributed by atoms with E-state index in [-0.39, 0.29) is 16.6 Å². The van der Waals surface area contributed by atoms with Crippen molar-refractivity contribution in [1.82, 2.24) is 29.0 Å². The highest BCUT2D eigenvalue weighted by Gasteiger charge is 2.31. The van der Waals surface area contributed by atoms with Gasteiger partial charge in [0.15, 0.2) is 0 Å². The van der Waals surface area contributed by atoms with E-state index >= 15 is 0 Å². The van der Waals surface area contributed by atoms with E-state index in [1.165, 1.54) is 28.8 Å². The summed E-state index contributed by atoms with van der Waals surface area (Å²) >= 11 is 0. The van der Waals surface area contributed by atoms with Crippen molar-refractivity contribution in [1.29, 1.82) is 0 Å². The van der Waals surface area contributed by atoms with Crippen molar-refractivity contribution in [3.05, 3.63) is 65.4 Å². The first-order valence-electron chi connectivity index (χ1n) is 10.0. The first kappa shape index (κ1) is 20.3. The van der Waals surface area contributed by atoms with E-state index in [1.807, 2.05) is 23.1 Å². The summed E-state index contributed by atoms with van der Waals surface area (Å²) in [5, 5.41) is 16.4. The average molecular weight is 453 g/mol. The summed E-state index contributed by atoms with van der Waals surface area (Å²) in [6.07, 6.45) is 8.15. The standard InChI is InChI=1S/C20H19N7O4S/c28-27(29)16-2-1-3-17(10-16)32(30,31)25-8-5-15(6-9-25)26-12-14(11-24-26)19-18-4-7-21-20(18)23-13-22-19/h1-4,7,10-13,15H,5-6,8-9H2,(H,21,22,23). The smallest absolute Gasteiger partial charge is 0.270 e. The van der Waals surface area contributed by atoms with Gasteiger partial charge in [-0.3, -0.25) is 14.8 Å². The lowest BCUT2D eigenvalue weighted by atomic mass is 10.1. The number of sulfonamides is 1. The van der Waals surface area contributed by atoms with Gasteiger partial charge in [-0.15, -0.1) is 0 Å². The van der Waals surface area contributed by atoms with E-state index in [1.54, 1.807) is 6.20 Å². The maximum Gasteiger partial charge on any atom is 0.270 e. The number of rotatable bonds is 5. The van der Waals surface area contributed by atoms with Gasteiger partial charge in [0.2, 0.25) is 10.0 Å². The fourth-order valence-corrected chi connectivity index (χ4v) is 5.53. The molecular weight excluding hydrogens is 434 g/mol. The van der Waals surface area contributed by atoms with Crippen molar-refractivity contribution in [2.45, 2.75) is 23.8 Å². The molecule has 0 bridgehead atoms. The summed E-state index contributed by atoms with van der Waals surface area (Å²) in [6.45, 7) is 0.612. The molecule has 0 aliphatic carbocycles. The first-order valence-corrected chi connectivity index (χ1v) is 11.4. The Kier molecular flexibility index (Phi) is 4.94. The van der Waals surface area contributed by atoms with Crippen LogP contribution in [-0.4, -0.2) is 55.5 Å². The zero-order valence-electron chi connectivity index (χ0n) is 16.8. The highest BCUT2D eigenvalue weighted by molar-refractivity contribution is 7.89. The summed E-state index contributed by atoms with van der Waals surface area (Å²) in [5.41, 5.74) is 2.16. The van der Waals surface area contributed by atoms with E-state index < -0.39 is 14.9 Å². The highest BCUT2D eigenvalue weighted by Crippen LogP contribution is 2.30. The zero-order valence-corrected chi connectivity index (χ0v) is 17.6. The van der Waals surface area contributed by atoms with Crippen LogP contribution in [0.5, 0.6) is 0 Å². The maximum atomic E-state index is 13.0. The largest absolute Gasteiger partial charge is 0.346 e. The molecule has 32 heavy (non-hydrogen) atoms. The van der Waals surface area contributed by atoms with E-state index in [9.17, 15) is 18.5 Å². The van der Waals surface area contributed by atoms with E-state index in [2.05, 4.69) is 20.1 Å². The van der Waals surface area contributed by atoms with Gasteiger partial charge in [0.05, 0.1) is 27.8 Å². The second-order valence-corrected chi connectivity index (χ2v) is 9.50. The predicted molar refractivity (Wildman–Crippen MR) is 115 cm³/mol. The highest BCUT2D eigenvalue weighted by atomic mass is 32.2. The SMILES string of the molecule is O=[N+]([O-])c1cccc(S(=O)(=O)N2CCC(n3cc(-c4ncnc5[nH]ccc45)cn3)CC2)c1. The lowest BCUT2D eigenvalue weighted by Crippen LogP contribution is -2.39. The van der Waals surface area contributed by atoms with Gasteiger partial charge in [-0.05, 0) is 25.0 Å². The fourth-order valence-electron chi connectivity index (χ4n) is 4.02. The van der Waals surface area contributed by atoms with Crippen molar-refractivity contribution < 1.29 is 13.3 Å². The molecule has 3 aromatic heterocycles. The average Bonchev–Trinajstić information content (AvgIpc) is 3.49. The molecule has 11 nitrogen and oxygen atoms in total. The molecule has 164 valence electrons. The molecule has 5 rings (SSSR count). The number of H-pyrrole nitrogens is 1. The zero-order chi connectivity index (χ0) is 22.3. The molecule has 12 heteroatoms. The number of non-ortho nitro benzene ring substituents is 1. The summed E-state index contributed by atoms with van der Waals surface area (Å²) in [7, 11) is -3.80. The van der Waals surface area contributed by atoms with Crippen molar-refractivity contribution in [3.63, 3.8) is 0 Å². The number of nitrogens with one attached hydrogen (secondary N) is 1. The van der Waals surface area contributed by atoms with Gasteiger partial charge in [0.25, 0.3) is 5.69 Å². The normalized spacial score (nSPS) is 15.9. The molecule has 1 fully saturated rings. The number of hydrogen-bond acceptors (Lipinski definition) is 7. The van der Waals surface area contributed by atoms with Crippen molar-refractivity contribution in [3.8, 4) is 11.3 Å². The van der Waals surface area contributed by atoms with E-state index in [0.717, 1.165) is 28.4 Å². The van der Waals surface area contributed by atoms with E-state index in [4.69, 9.17) is 0 Å². The number of aromatic amines is 1. The Morgan fingerprint density at radius 3 is 2.75 bits per heavy atom. The molecule has 0 spiro atoms. The Labute approximate surface area is 182 Å². The van der Waals surface area contributed by atoms with Crippen molar-refractivity contribution >= 4 is 26.7 Å². The minimum atomic E-state index is -3.80. The lowest BCUT2D eigenvalue weighted by molar-refractivity contribution is -0.385. The molecule has 0 unspecified atom stereocenters. The third-order valence-corrected chi connectivity index (χ3v) is 7.59. The van der Waals surface area contributed by atoms with Crippen LogP contribution in [0.2, 0.25) is 0 Å². The van der Waals surface area contributed by atoms with Crippen LogP contribution in [0.4, 0.5) is 5.69 Å². The number of benzene rings is 1. The number of fused-ring (bicyclic) bond motifs is 1. The second kappa shape index (κ2) is 7.80. The summed E-state index contributed by atoms with van der Waals surface area (Å²) in [5.74, 6) is 0. The molecule has 1 saturated heterocycles. The third kappa shape index (κ3) is 3.52. The quantitative estimate of drug-likeness (QED) is 0.362. The molecule has 0 amide bonds. The predicted octanol–water partition coefficient (Wildman–Crippen LogP) is 2.76. The molecule has 1 N–H and O–H groups in total. The van der Waals surface area contributed by atoms with Gasteiger partial charge in [-0.1, -0.05) is 6.07 Å². The van der Waals surface area contributed by atoms with Crippen LogP contribution in [0.1, 0.15) is 18.9 Å². The molecule has 1 aromatic carbocycles. The molecule has 4 heterocycles. The van der Waals surface area contributed by atoms with Crippen molar-refractivity contribution in [2.24, 2.45) is 0 Å². The van der Waals surface area contributed by atoms with Gasteiger partial charge >= 0.3 is 0 Å². The first-order chi connectivity index (χ1) is 15.4. The number of piperidine rings is 1. The van der Waals surface area contributed by atoms with Crippen LogP contribution in [0.15, 0.2) is 60.1 Å². The minimum Gasteiger partial charge on any atom is -0.346 e. The van der Waals surface area contributed by atoms with Crippen LogP contribution in [0.25, 0.3) is 22.3 Å². The van der Waals surface area contributed by atoms with Crippen LogP contribution in [-0.2, 0) is 10.0 Å². The second-order valence-electron chi connectivity index (χ2n) is 7.56. The minimum absolute atomic E-state index is 0.0452. The molecule has 0 saturated carbocycles. The molecule has 1 aliphatic heterocycles. The topological polar surface area (TPSA) is 140 Å². The Balaban J connectivity index is 1.32.